The average Bonchev–Trinajstić information content (AvgIpc) is 2.82. The number of carbonyl (C=O) groups is 2. The van der Waals surface area contributed by atoms with Crippen LogP contribution in [0.2, 0.25) is 0 Å². The fourth-order valence-electron chi connectivity index (χ4n) is 2.51. The van der Waals surface area contributed by atoms with E-state index in [0.717, 1.165) is 5.56 Å². The Labute approximate surface area is 118 Å². The van der Waals surface area contributed by atoms with E-state index in [2.05, 4.69) is 0 Å². The molecule has 0 bridgehead atoms. The van der Waals surface area contributed by atoms with Gasteiger partial charge in [-0.25, -0.2) is 0 Å². The number of aryl methyl sites for hydroxylation is 2. The van der Waals surface area contributed by atoms with E-state index in [4.69, 9.17) is 10.8 Å². The Morgan fingerprint density at radius 1 is 1.40 bits per heavy atom. The van der Waals surface area contributed by atoms with Crippen molar-refractivity contribution in [1.82, 2.24) is 4.90 Å². The molecule has 3 N–H and O–H groups in total. The molecule has 1 fully saturated rings. The molecule has 0 aromatic heterocycles. The molecule has 1 aromatic rings. The van der Waals surface area contributed by atoms with Crippen molar-refractivity contribution >= 4 is 11.9 Å². The zero-order valence-electron chi connectivity index (χ0n) is 11.6. The number of rotatable bonds is 4. The molecule has 108 valence electrons. The normalized spacial score (nSPS) is 22.0. The van der Waals surface area contributed by atoms with Gasteiger partial charge in [0, 0.05) is 19.5 Å². The Hall–Kier alpha value is -1.88. The minimum absolute atomic E-state index is 0.0261. The molecule has 1 atom stereocenters. The highest BCUT2D eigenvalue weighted by Gasteiger charge is 2.42. The van der Waals surface area contributed by atoms with Crippen molar-refractivity contribution in [3.8, 4) is 0 Å². The first-order valence-electron chi connectivity index (χ1n) is 6.77. The van der Waals surface area contributed by atoms with Gasteiger partial charge in [-0.1, -0.05) is 24.3 Å². The van der Waals surface area contributed by atoms with E-state index in [-0.39, 0.29) is 12.5 Å². The predicted octanol–water partition coefficient (Wildman–Crippen LogP) is 0.942. The second kappa shape index (κ2) is 5.63. The first-order valence-corrected chi connectivity index (χ1v) is 6.77. The SMILES string of the molecule is Cc1ccccc1CCC(=O)N1CCC(N)(C(=O)O)C1. The Balaban J connectivity index is 1.91. The highest BCUT2D eigenvalue weighted by molar-refractivity contribution is 5.83. The van der Waals surface area contributed by atoms with E-state index in [9.17, 15) is 9.59 Å². The van der Waals surface area contributed by atoms with E-state index < -0.39 is 11.5 Å². The number of aliphatic carboxylic acids is 1. The number of nitrogens with two attached hydrogens (primary N) is 1. The van der Waals surface area contributed by atoms with Crippen LogP contribution in [0.4, 0.5) is 0 Å². The van der Waals surface area contributed by atoms with Crippen molar-refractivity contribution in [2.75, 3.05) is 13.1 Å². The lowest BCUT2D eigenvalue weighted by molar-refractivity contribution is -0.143. The first-order chi connectivity index (χ1) is 9.42. The summed E-state index contributed by atoms with van der Waals surface area (Å²) in [5.41, 5.74) is 6.81. The van der Waals surface area contributed by atoms with E-state index in [1.807, 2.05) is 31.2 Å². The number of benzene rings is 1. The van der Waals surface area contributed by atoms with Gasteiger partial charge in [-0.3, -0.25) is 9.59 Å². The van der Waals surface area contributed by atoms with Crippen LogP contribution in [0.25, 0.3) is 0 Å². The van der Waals surface area contributed by atoms with Gasteiger partial charge < -0.3 is 15.7 Å². The largest absolute Gasteiger partial charge is 0.480 e. The van der Waals surface area contributed by atoms with Gasteiger partial charge >= 0.3 is 5.97 Å². The molecular weight excluding hydrogens is 256 g/mol. The van der Waals surface area contributed by atoms with Crippen LogP contribution >= 0.6 is 0 Å². The topological polar surface area (TPSA) is 83.6 Å². The second-order valence-corrected chi connectivity index (χ2v) is 5.45. The van der Waals surface area contributed by atoms with Gasteiger partial charge in [0.15, 0.2) is 0 Å². The quantitative estimate of drug-likeness (QED) is 0.857. The number of carbonyl (C=O) groups excluding carboxylic acids is 1. The third kappa shape index (κ3) is 2.99. The first kappa shape index (κ1) is 14.5. The van der Waals surface area contributed by atoms with Crippen molar-refractivity contribution in [2.24, 2.45) is 5.73 Å². The summed E-state index contributed by atoms with van der Waals surface area (Å²) in [5, 5.41) is 9.05. The lowest BCUT2D eigenvalue weighted by Gasteiger charge is -2.20. The molecule has 1 amide bonds. The molecule has 0 aliphatic carbocycles. The van der Waals surface area contributed by atoms with Crippen molar-refractivity contribution in [3.05, 3.63) is 35.4 Å². The number of amides is 1. The van der Waals surface area contributed by atoms with Crippen LogP contribution in [-0.4, -0.2) is 40.5 Å². The van der Waals surface area contributed by atoms with Gasteiger partial charge in [0.2, 0.25) is 5.91 Å². The number of nitrogens with zero attached hydrogens (tertiary/aromatic N) is 1. The fraction of sp³-hybridized carbons (Fsp3) is 0.467. The standard InChI is InChI=1S/C15H20N2O3/c1-11-4-2-3-5-12(11)6-7-13(18)17-9-8-15(16,10-17)14(19)20/h2-5H,6-10,16H2,1H3,(H,19,20). The molecule has 1 aliphatic heterocycles. The molecule has 5 nitrogen and oxygen atoms in total. The van der Waals surface area contributed by atoms with Crippen LogP contribution in [0.5, 0.6) is 0 Å². The highest BCUT2D eigenvalue weighted by Crippen LogP contribution is 2.20. The van der Waals surface area contributed by atoms with Crippen LogP contribution < -0.4 is 5.73 Å². The number of carboxylic acid groups (broad SMARTS) is 1. The van der Waals surface area contributed by atoms with E-state index in [0.29, 0.717) is 25.8 Å². The summed E-state index contributed by atoms with van der Waals surface area (Å²) in [6.07, 6.45) is 1.38. The summed E-state index contributed by atoms with van der Waals surface area (Å²) in [7, 11) is 0. The second-order valence-electron chi connectivity index (χ2n) is 5.45. The van der Waals surface area contributed by atoms with Crippen molar-refractivity contribution in [3.63, 3.8) is 0 Å². The molecule has 0 radical (unpaired) electrons. The molecule has 1 aromatic carbocycles. The molecule has 5 heteroatoms. The van der Waals surface area contributed by atoms with Crippen molar-refractivity contribution in [2.45, 2.75) is 31.7 Å². The maximum Gasteiger partial charge on any atom is 0.325 e. The molecule has 2 rings (SSSR count). The number of hydrogen-bond donors (Lipinski definition) is 2. The maximum absolute atomic E-state index is 12.1. The third-order valence-corrected chi connectivity index (χ3v) is 3.95. The van der Waals surface area contributed by atoms with Gasteiger partial charge in [0.25, 0.3) is 0 Å². The van der Waals surface area contributed by atoms with Crippen LogP contribution in [0.15, 0.2) is 24.3 Å². The minimum Gasteiger partial charge on any atom is -0.480 e. The summed E-state index contributed by atoms with van der Waals surface area (Å²) < 4.78 is 0. The fourth-order valence-corrected chi connectivity index (χ4v) is 2.51. The number of carboxylic acids is 1. The zero-order valence-corrected chi connectivity index (χ0v) is 11.6. The van der Waals surface area contributed by atoms with Crippen molar-refractivity contribution in [1.29, 1.82) is 0 Å². The Morgan fingerprint density at radius 3 is 2.70 bits per heavy atom. The van der Waals surface area contributed by atoms with Gasteiger partial charge in [-0.05, 0) is 30.9 Å². The Kier molecular flexibility index (Phi) is 4.09. The number of likely N-dealkylation sites (tertiary alicyclic amines) is 1. The van der Waals surface area contributed by atoms with Gasteiger partial charge in [0.1, 0.15) is 5.54 Å². The zero-order chi connectivity index (χ0) is 14.8. The maximum atomic E-state index is 12.1. The molecule has 0 saturated carbocycles. The van der Waals surface area contributed by atoms with E-state index in [1.54, 1.807) is 4.90 Å². The molecule has 1 heterocycles. The summed E-state index contributed by atoms with van der Waals surface area (Å²) >= 11 is 0. The molecule has 1 aliphatic rings. The molecule has 20 heavy (non-hydrogen) atoms. The van der Waals surface area contributed by atoms with Gasteiger partial charge in [-0.2, -0.15) is 0 Å². The van der Waals surface area contributed by atoms with Crippen LogP contribution in [0.3, 0.4) is 0 Å². The Morgan fingerprint density at radius 2 is 2.10 bits per heavy atom. The summed E-state index contributed by atoms with van der Waals surface area (Å²) in [6, 6.07) is 7.96. The summed E-state index contributed by atoms with van der Waals surface area (Å²) in [5.74, 6) is -1.06. The van der Waals surface area contributed by atoms with Crippen LogP contribution in [-0.2, 0) is 16.0 Å². The third-order valence-electron chi connectivity index (χ3n) is 3.95. The monoisotopic (exact) mass is 276 g/mol. The van der Waals surface area contributed by atoms with Crippen molar-refractivity contribution < 1.29 is 14.7 Å². The summed E-state index contributed by atoms with van der Waals surface area (Å²) in [6.45, 7) is 2.55. The molecule has 1 saturated heterocycles. The molecule has 1 unspecified atom stereocenters. The molecular formula is C15H20N2O3. The molecule has 0 spiro atoms. The highest BCUT2D eigenvalue weighted by atomic mass is 16.4. The average molecular weight is 276 g/mol. The number of hydrogen-bond acceptors (Lipinski definition) is 3. The van der Waals surface area contributed by atoms with Crippen LogP contribution in [0.1, 0.15) is 24.0 Å². The lowest BCUT2D eigenvalue weighted by atomic mass is 10.0. The predicted molar refractivity (Wildman–Crippen MR) is 75.3 cm³/mol. The van der Waals surface area contributed by atoms with Gasteiger partial charge in [0.05, 0.1) is 0 Å². The Bertz CT molecular complexity index is 530. The summed E-state index contributed by atoms with van der Waals surface area (Å²) in [4.78, 5) is 24.7. The van der Waals surface area contributed by atoms with Gasteiger partial charge in [-0.15, -0.1) is 0 Å². The van der Waals surface area contributed by atoms with E-state index >= 15 is 0 Å². The smallest absolute Gasteiger partial charge is 0.325 e. The van der Waals surface area contributed by atoms with Crippen LogP contribution in [0, 0.1) is 6.92 Å². The minimum atomic E-state index is -1.28. The lowest BCUT2D eigenvalue weighted by Crippen LogP contribution is -2.50. The van der Waals surface area contributed by atoms with E-state index in [1.165, 1.54) is 5.56 Å².